The summed E-state index contributed by atoms with van der Waals surface area (Å²) < 4.78 is 55.2. The van der Waals surface area contributed by atoms with Gasteiger partial charge in [0.1, 0.15) is 17.3 Å². The Bertz CT molecular complexity index is 885. The first-order chi connectivity index (χ1) is 13.9. The van der Waals surface area contributed by atoms with E-state index in [1.165, 1.54) is 30.5 Å². The minimum Gasteiger partial charge on any atom is -0.379 e. The average Bonchev–Trinajstić information content (AvgIpc) is 2.62. The lowest BCUT2D eigenvalue weighted by molar-refractivity contribution is 0.0127. The highest BCUT2D eigenvalue weighted by atomic mass is 19.3. The van der Waals surface area contributed by atoms with Crippen LogP contribution in [0.25, 0.3) is 0 Å². The number of halogens is 4. The fourth-order valence-electron chi connectivity index (χ4n) is 3.60. The largest absolute Gasteiger partial charge is 0.379 e. The number of alkyl halides is 2. The van der Waals surface area contributed by atoms with Crippen molar-refractivity contribution >= 4 is 0 Å². The predicted molar refractivity (Wildman–Crippen MR) is 114 cm³/mol. The van der Waals surface area contributed by atoms with E-state index in [4.69, 9.17) is 0 Å². The number of rotatable bonds is 7. The highest BCUT2D eigenvalue weighted by Gasteiger charge is 2.40. The van der Waals surface area contributed by atoms with Crippen molar-refractivity contribution in [2.24, 2.45) is 0 Å². The molecule has 0 aliphatic carbocycles. The third kappa shape index (κ3) is 5.71. The predicted octanol–water partition coefficient (Wildman–Crippen LogP) is 7.20. The molecule has 2 nitrogen and oxygen atoms in total. The molecule has 1 heterocycles. The zero-order valence-electron chi connectivity index (χ0n) is 18.4. The van der Waals surface area contributed by atoms with Gasteiger partial charge in [-0.2, -0.15) is 8.78 Å². The molecular weight excluding hydrogens is 392 g/mol. The number of nitrogens with zero attached hydrogens (tertiary/aromatic N) is 1. The molecule has 0 amide bonds. The Hall–Kier alpha value is -2.63. The molecule has 6 heteroatoms. The van der Waals surface area contributed by atoms with Crippen LogP contribution in [0.15, 0.2) is 61.0 Å². The Labute approximate surface area is 176 Å². The zero-order chi connectivity index (χ0) is 23.3. The SMILES string of the molecule is C=C(C)N[C@](C)(c1ccc(F)cc1F)[C@H](C(=C)C)c1ccc(C(C)(F)F)nc1.CC. The number of allylic oxidation sites excluding steroid dienone is 1. The maximum atomic E-state index is 14.7. The van der Waals surface area contributed by atoms with Crippen molar-refractivity contribution in [3.8, 4) is 0 Å². The fourth-order valence-corrected chi connectivity index (χ4v) is 3.60. The average molecular weight is 423 g/mol. The minimum atomic E-state index is -3.07. The Balaban J connectivity index is 0.00000218. The van der Waals surface area contributed by atoms with Gasteiger partial charge in [0.2, 0.25) is 0 Å². The fraction of sp³-hybridized carbons (Fsp3) is 0.375. The number of pyridine rings is 1. The van der Waals surface area contributed by atoms with E-state index < -0.39 is 29.0 Å². The monoisotopic (exact) mass is 422 g/mol. The van der Waals surface area contributed by atoms with E-state index >= 15 is 0 Å². The molecule has 1 aromatic heterocycles. The maximum Gasteiger partial charge on any atom is 0.286 e. The molecule has 0 bridgehead atoms. The van der Waals surface area contributed by atoms with Crippen molar-refractivity contribution in [2.45, 2.75) is 58.9 Å². The molecule has 30 heavy (non-hydrogen) atoms. The van der Waals surface area contributed by atoms with E-state index in [9.17, 15) is 17.6 Å². The molecule has 2 rings (SSSR count). The number of benzene rings is 1. The number of nitrogens with one attached hydrogen (secondary N) is 1. The van der Waals surface area contributed by atoms with Crippen LogP contribution in [0.3, 0.4) is 0 Å². The molecule has 2 aromatic rings. The summed E-state index contributed by atoms with van der Waals surface area (Å²) >= 11 is 0. The molecule has 1 N–H and O–H groups in total. The van der Waals surface area contributed by atoms with Gasteiger partial charge in [-0.3, -0.25) is 4.98 Å². The van der Waals surface area contributed by atoms with Crippen LogP contribution in [0, 0.1) is 11.6 Å². The summed E-state index contributed by atoms with van der Waals surface area (Å²) in [6, 6.07) is 6.11. The summed E-state index contributed by atoms with van der Waals surface area (Å²) in [6.07, 6.45) is 1.34. The third-order valence-electron chi connectivity index (χ3n) is 4.60. The molecule has 0 unspecified atom stereocenters. The highest BCUT2D eigenvalue weighted by Crippen LogP contribution is 2.43. The molecule has 0 aliphatic rings. The summed E-state index contributed by atoms with van der Waals surface area (Å²) in [4.78, 5) is 3.88. The van der Waals surface area contributed by atoms with Crippen LogP contribution in [0.5, 0.6) is 0 Å². The van der Waals surface area contributed by atoms with Gasteiger partial charge < -0.3 is 5.32 Å². The van der Waals surface area contributed by atoms with Gasteiger partial charge >= 0.3 is 0 Å². The second kappa shape index (κ2) is 9.92. The van der Waals surface area contributed by atoms with Gasteiger partial charge in [-0.1, -0.05) is 44.7 Å². The molecule has 0 fully saturated rings. The first kappa shape index (κ1) is 25.4. The number of hydrogen-bond acceptors (Lipinski definition) is 2. The van der Waals surface area contributed by atoms with Crippen LogP contribution >= 0.6 is 0 Å². The molecule has 2 atom stereocenters. The lowest BCUT2D eigenvalue weighted by Gasteiger charge is -2.41. The quantitative estimate of drug-likeness (QED) is 0.377. The van der Waals surface area contributed by atoms with Gasteiger partial charge in [-0.25, -0.2) is 8.78 Å². The van der Waals surface area contributed by atoms with Crippen molar-refractivity contribution in [3.05, 3.63) is 89.4 Å². The first-order valence-corrected chi connectivity index (χ1v) is 9.75. The van der Waals surface area contributed by atoms with Crippen molar-refractivity contribution in [2.75, 3.05) is 0 Å². The van der Waals surface area contributed by atoms with Crippen LogP contribution in [0.4, 0.5) is 17.6 Å². The molecule has 0 spiro atoms. The van der Waals surface area contributed by atoms with Crippen molar-refractivity contribution < 1.29 is 17.6 Å². The van der Waals surface area contributed by atoms with Crippen molar-refractivity contribution in [1.82, 2.24) is 10.3 Å². The van der Waals surface area contributed by atoms with E-state index in [1.807, 2.05) is 13.8 Å². The normalized spacial score (nSPS) is 14.1. The Morgan fingerprint density at radius 1 is 1.03 bits per heavy atom. The van der Waals surface area contributed by atoms with Gasteiger partial charge in [0.05, 0.1) is 5.54 Å². The van der Waals surface area contributed by atoms with Crippen LogP contribution in [-0.4, -0.2) is 4.98 Å². The minimum absolute atomic E-state index is 0.204. The Morgan fingerprint density at radius 2 is 1.63 bits per heavy atom. The van der Waals surface area contributed by atoms with Gasteiger partial charge in [0.25, 0.3) is 5.92 Å². The maximum absolute atomic E-state index is 14.7. The second-order valence-electron chi connectivity index (χ2n) is 7.38. The van der Waals surface area contributed by atoms with Gasteiger partial charge in [0, 0.05) is 36.4 Å². The van der Waals surface area contributed by atoms with E-state index in [2.05, 4.69) is 23.5 Å². The van der Waals surface area contributed by atoms with E-state index in [0.717, 1.165) is 13.0 Å². The van der Waals surface area contributed by atoms with Crippen LogP contribution in [0.2, 0.25) is 0 Å². The van der Waals surface area contributed by atoms with Crippen LogP contribution < -0.4 is 5.32 Å². The Kier molecular flexibility index (Phi) is 8.40. The first-order valence-electron chi connectivity index (χ1n) is 9.75. The summed E-state index contributed by atoms with van der Waals surface area (Å²) in [5, 5.41) is 3.16. The second-order valence-corrected chi connectivity index (χ2v) is 7.38. The molecule has 164 valence electrons. The molecule has 0 radical (unpaired) electrons. The Morgan fingerprint density at radius 3 is 2.03 bits per heavy atom. The summed E-state index contributed by atoms with van der Waals surface area (Å²) in [7, 11) is 0. The van der Waals surface area contributed by atoms with Gasteiger partial charge in [-0.15, -0.1) is 0 Å². The van der Waals surface area contributed by atoms with Crippen molar-refractivity contribution in [3.63, 3.8) is 0 Å². The van der Waals surface area contributed by atoms with E-state index in [0.29, 0.717) is 16.8 Å². The standard InChI is InChI=1S/C22H24F4N2.C2H6/c1-13(2)20(15-7-10-19(27-12-15)22(6,25)26)21(5,28-14(3)4)17-9-8-16(23)11-18(17)24;1-2/h7-12,20,28H,1,3H2,2,4-6H3;1-2H3/t20-,21-;/m1./s1. The third-order valence-corrected chi connectivity index (χ3v) is 4.60. The number of aromatic nitrogens is 1. The van der Waals surface area contributed by atoms with Gasteiger partial charge in [-0.05, 0) is 38.5 Å². The molecular formula is C24H30F4N2. The zero-order valence-corrected chi connectivity index (χ0v) is 18.4. The molecule has 0 saturated heterocycles. The van der Waals surface area contributed by atoms with Gasteiger partial charge in [0.15, 0.2) is 0 Å². The lowest BCUT2D eigenvalue weighted by atomic mass is 9.72. The van der Waals surface area contributed by atoms with E-state index in [1.54, 1.807) is 20.8 Å². The van der Waals surface area contributed by atoms with E-state index in [-0.39, 0.29) is 11.3 Å². The number of hydrogen-bond donors (Lipinski definition) is 1. The molecule has 0 aliphatic heterocycles. The van der Waals surface area contributed by atoms with Crippen LogP contribution in [-0.2, 0) is 11.5 Å². The van der Waals surface area contributed by atoms with Crippen LogP contribution in [0.1, 0.15) is 64.3 Å². The smallest absolute Gasteiger partial charge is 0.286 e. The van der Waals surface area contributed by atoms with Crippen molar-refractivity contribution in [1.29, 1.82) is 0 Å². The summed E-state index contributed by atoms with van der Waals surface area (Å²) in [6.45, 7) is 17.8. The molecule has 1 aromatic carbocycles. The highest BCUT2D eigenvalue weighted by molar-refractivity contribution is 5.39. The molecule has 0 saturated carbocycles. The summed E-state index contributed by atoms with van der Waals surface area (Å²) in [5.74, 6) is -5.04. The topological polar surface area (TPSA) is 24.9 Å². The lowest BCUT2D eigenvalue weighted by Crippen LogP contribution is -2.45. The summed E-state index contributed by atoms with van der Waals surface area (Å²) in [5.41, 5.74) is 0.516.